The third-order valence-electron chi connectivity index (χ3n) is 3.86. The van der Waals surface area contributed by atoms with E-state index in [0.29, 0.717) is 5.56 Å². The van der Waals surface area contributed by atoms with Gasteiger partial charge in [0.1, 0.15) is 5.82 Å². The highest BCUT2D eigenvalue weighted by molar-refractivity contribution is 7.98. The summed E-state index contributed by atoms with van der Waals surface area (Å²) in [5, 5.41) is 0. The number of ketones is 1. The Morgan fingerprint density at radius 3 is 2.48 bits per heavy atom. The molecule has 1 nitrogen and oxygen atoms in total. The van der Waals surface area contributed by atoms with Crippen molar-refractivity contribution in [1.82, 2.24) is 0 Å². The van der Waals surface area contributed by atoms with E-state index in [1.165, 1.54) is 17.0 Å². The maximum Gasteiger partial charge on any atom is 0.170 e. The maximum atomic E-state index is 13.3. The Kier molecular flexibility index (Phi) is 3.68. The standard InChI is InChI=1S/C18H15FOS/c1-11-16(9-12-3-6-14(21-2)7-4-12)15-8-5-13(19)10-17(15)18(11)20/h3-11H,1-2H3. The zero-order chi connectivity index (χ0) is 15.0. The third-order valence-corrected chi connectivity index (χ3v) is 4.60. The van der Waals surface area contributed by atoms with Crippen molar-refractivity contribution in [3.05, 3.63) is 65.0 Å². The Bertz CT molecular complexity index is 731. The second-order valence-electron chi connectivity index (χ2n) is 5.15. The summed E-state index contributed by atoms with van der Waals surface area (Å²) >= 11 is 1.69. The van der Waals surface area contributed by atoms with Gasteiger partial charge in [-0.1, -0.05) is 31.2 Å². The van der Waals surface area contributed by atoms with Gasteiger partial charge in [-0.3, -0.25) is 4.79 Å². The van der Waals surface area contributed by atoms with Crippen molar-refractivity contribution in [3.8, 4) is 0 Å². The van der Waals surface area contributed by atoms with Gasteiger partial charge >= 0.3 is 0 Å². The number of hydrogen-bond donors (Lipinski definition) is 0. The van der Waals surface area contributed by atoms with Gasteiger partial charge in [0, 0.05) is 16.4 Å². The first-order valence-electron chi connectivity index (χ1n) is 6.80. The highest BCUT2D eigenvalue weighted by atomic mass is 32.2. The van der Waals surface area contributed by atoms with E-state index in [2.05, 4.69) is 12.1 Å². The normalized spacial score (nSPS) is 19.1. The van der Waals surface area contributed by atoms with Crippen LogP contribution in [-0.2, 0) is 0 Å². The average molecular weight is 298 g/mol. The molecular formula is C18H15FOS. The molecule has 0 aliphatic heterocycles. The van der Waals surface area contributed by atoms with Crippen molar-refractivity contribution in [2.24, 2.45) is 5.92 Å². The molecule has 0 amide bonds. The molecule has 1 aliphatic carbocycles. The lowest BCUT2D eigenvalue weighted by molar-refractivity contribution is 0.0965. The molecule has 0 saturated heterocycles. The Balaban J connectivity index is 2.06. The maximum absolute atomic E-state index is 13.3. The molecule has 0 spiro atoms. The first-order chi connectivity index (χ1) is 10.1. The Hall–Kier alpha value is -1.87. The zero-order valence-corrected chi connectivity index (χ0v) is 12.7. The quantitative estimate of drug-likeness (QED) is 0.732. The van der Waals surface area contributed by atoms with Gasteiger partial charge in [-0.05, 0) is 47.2 Å². The molecule has 21 heavy (non-hydrogen) atoms. The summed E-state index contributed by atoms with van der Waals surface area (Å²) in [7, 11) is 0. The first-order valence-corrected chi connectivity index (χ1v) is 8.02. The molecule has 0 saturated carbocycles. The van der Waals surface area contributed by atoms with Gasteiger partial charge in [0.25, 0.3) is 0 Å². The number of rotatable bonds is 2. The topological polar surface area (TPSA) is 17.1 Å². The summed E-state index contributed by atoms with van der Waals surface area (Å²) < 4.78 is 13.3. The van der Waals surface area contributed by atoms with Crippen LogP contribution in [0.3, 0.4) is 0 Å². The van der Waals surface area contributed by atoms with Gasteiger partial charge in [0.15, 0.2) is 5.78 Å². The molecule has 0 fully saturated rings. The lowest BCUT2D eigenvalue weighted by Crippen LogP contribution is -2.02. The number of Topliss-reactive ketones (excluding diaryl/α,β-unsaturated/α-hetero) is 1. The van der Waals surface area contributed by atoms with Crippen LogP contribution in [0.1, 0.15) is 28.4 Å². The van der Waals surface area contributed by atoms with E-state index in [1.807, 2.05) is 31.4 Å². The molecule has 0 aromatic heterocycles. The molecule has 3 heteroatoms. The lowest BCUT2D eigenvalue weighted by Gasteiger charge is -2.05. The lowest BCUT2D eigenvalue weighted by atomic mass is 9.98. The number of hydrogen-bond acceptors (Lipinski definition) is 2. The summed E-state index contributed by atoms with van der Waals surface area (Å²) in [6.45, 7) is 1.88. The fraction of sp³-hybridized carbons (Fsp3) is 0.167. The van der Waals surface area contributed by atoms with E-state index in [9.17, 15) is 9.18 Å². The highest BCUT2D eigenvalue weighted by Crippen LogP contribution is 2.38. The fourth-order valence-electron chi connectivity index (χ4n) is 2.66. The van der Waals surface area contributed by atoms with Crippen molar-refractivity contribution >= 4 is 29.2 Å². The number of halogens is 1. The van der Waals surface area contributed by atoms with Crippen LogP contribution in [0.2, 0.25) is 0 Å². The van der Waals surface area contributed by atoms with Crippen LogP contribution in [0.25, 0.3) is 11.6 Å². The van der Waals surface area contributed by atoms with Crippen LogP contribution >= 0.6 is 11.8 Å². The van der Waals surface area contributed by atoms with Gasteiger partial charge in [0.05, 0.1) is 0 Å². The monoisotopic (exact) mass is 298 g/mol. The Labute approximate surface area is 127 Å². The van der Waals surface area contributed by atoms with Crippen molar-refractivity contribution in [1.29, 1.82) is 0 Å². The zero-order valence-electron chi connectivity index (χ0n) is 11.9. The van der Waals surface area contributed by atoms with Crippen LogP contribution in [0.5, 0.6) is 0 Å². The summed E-state index contributed by atoms with van der Waals surface area (Å²) in [5.74, 6) is -0.585. The third kappa shape index (κ3) is 2.54. The van der Waals surface area contributed by atoms with Crippen LogP contribution < -0.4 is 0 Å². The van der Waals surface area contributed by atoms with E-state index in [-0.39, 0.29) is 17.5 Å². The fourth-order valence-corrected chi connectivity index (χ4v) is 3.07. The number of benzene rings is 2. The molecule has 0 N–H and O–H groups in total. The van der Waals surface area contributed by atoms with Crippen molar-refractivity contribution in [2.75, 3.05) is 6.26 Å². The Morgan fingerprint density at radius 1 is 1.10 bits per heavy atom. The molecule has 2 aromatic carbocycles. The molecule has 3 rings (SSSR count). The van der Waals surface area contributed by atoms with Gasteiger partial charge in [-0.25, -0.2) is 4.39 Å². The van der Waals surface area contributed by atoms with Crippen LogP contribution in [0.15, 0.2) is 47.4 Å². The molecule has 106 valence electrons. The largest absolute Gasteiger partial charge is 0.293 e. The average Bonchev–Trinajstić information content (AvgIpc) is 2.73. The SMILES string of the molecule is CSc1ccc(C=C2c3ccc(F)cc3C(=O)C2C)cc1. The molecule has 0 radical (unpaired) electrons. The van der Waals surface area contributed by atoms with Crippen LogP contribution in [0.4, 0.5) is 4.39 Å². The summed E-state index contributed by atoms with van der Waals surface area (Å²) in [6, 6.07) is 12.7. The molecule has 1 aliphatic rings. The number of carbonyl (C=O) groups is 1. The van der Waals surface area contributed by atoms with Crippen LogP contribution in [-0.4, -0.2) is 12.0 Å². The van der Waals surface area contributed by atoms with E-state index >= 15 is 0 Å². The number of carbonyl (C=O) groups excluding carboxylic acids is 1. The number of fused-ring (bicyclic) bond motifs is 1. The molecule has 1 atom stereocenters. The van der Waals surface area contributed by atoms with Gasteiger partial charge in [-0.15, -0.1) is 11.8 Å². The van der Waals surface area contributed by atoms with E-state index in [1.54, 1.807) is 17.8 Å². The predicted molar refractivity (Wildman–Crippen MR) is 86.0 cm³/mol. The minimum absolute atomic E-state index is 0.00326. The van der Waals surface area contributed by atoms with Crippen molar-refractivity contribution in [2.45, 2.75) is 11.8 Å². The first kappa shape index (κ1) is 14.1. The second-order valence-corrected chi connectivity index (χ2v) is 6.03. The van der Waals surface area contributed by atoms with Gasteiger partial charge in [-0.2, -0.15) is 0 Å². The minimum Gasteiger partial charge on any atom is -0.293 e. The second kappa shape index (κ2) is 5.49. The molecule has 0 heterocycles. The van der Waals surface area contributed by atoms with Crippen LogP contribution in [0, 0.1) is 11.7 Å². The predicted octanol–water partition coefficient (Wildman–Crippen LogP) is 4.92. The van der Waals surface area contributed by atoms with Crippen molar-refractivity contribution in [3.63, 3.8) is 0 Å². The smallest absolute Gasteiger partial charge is 0.170 e. The summed E-state index contributed by atoms with van der Waals surface area (Å²) in [4.78, 5) is 13.4. The number of thioether (sulfide) groups is 1. The molecular weight excluding hydrogens is 283 g/mol. The van der Waals surface area contributed by atoms with Gasteiger partial charge in [0.2, 0.25) is 0 Å². The highest BCUT2D eigenvalue weighted by Gasteiger charge is 2.31. The summed E-state index contributed by atoms with van der Waals surface area (Å²) in [5.41, 5.74) is 3.36. The summed E-state index contributed by atoms with van der Waals surface area (Å²) in [6.07, 6.45) is 4.06. The minimum atomic E-state index is -0.361. The van der Waals surface area contributed by atoms with E-state index in [4.69, 9.17) is 0 Å². The van der Waals surface area contributed by atoms with Gasteiger partial charge < -0.3 is 0 Å². The number of allylic oxidation sites excluding steroid dienone is 1. The Morgan fingerprint density at radius 2 is 1.81 bits per heavy atom. The molecule has 1 unspecified atom stereocenters. The molecule has 0 bridgehead atoms. The molecule has 2 aromatic rings. The van der Waals surface area contributed by atoms with Crippen molar-refractivity contribution < 1.29 is 9.18 Å². The van der Waals surface area contributed by atoms with E-state index < -0.39 is 0 Å². The van der Waals surface area contributed by atoms with E-state index in [0.717, 1.165) is 16.7 Å².